The van der Waals surface area contributed by atoms with Gasteiger partial charge < -0.3 is 13.9 Å². The number of rotatable bonds is 6. The van der Waals surface area contributed by atoms with Crippen LogP contribution in [0.25, 0.3) is 28.3 Å². The Morgan fingerprint density at radius 1 is 0.935 bits per heavy atom. The average molecular weight is 415 g/mol. The molecule has 1 aliphatic heterocycles. The highest BCUT2D eigenvalue weighted by Crippen LogP contribution is 2.27. The van der Waals surface area contributed by atoms with E-state index in [0.29, 0.717) is 0 Å². The van der Waals surface area contributed by atoms with Crippen molar-refractivity contribution in [1.82, 2.24) is 14.7 Å². The molecule has 0 spiro atoms. The van der Waals surface area contributed by atoms with Gasteiger partial charge in [0.15, 0.2) is 5.76 Å². The number of hydrogen-bond donors (Lipinski definition) is 0. The topological polar surface area (TPSA) is 52.7 Å². The zero-order valence-electron chi connectivity index (χ0n) is 17.5. The number of morpholine rings is 1. The summed E-state index contributed by atoms with van der Waals surface area (Å²) in [5.41, 5.74) is 5.35. The van der Waals surface area contributed by atoms with Crippen molar-refractivity contribution in [1.29, 1.82) is 0 Å². The van der Waals surface area contributed by atoms with Crippen LogP contribution in [0.15, 0.2) is 77.5 Å². The highest BCUT2D eigenvalue weighted by atomic mass is 16.5. The Bertz CT molecular complexity index is 1110. The van der Waals surface area contributed by atoms with E-state index in [-0.39, 0.29) is 0 Å². The second kappa shape index (κ2) is 8.79. The summed E-state index contributed by atoms with van der Waals surface area (Å²) in [7, 11) is 1.68. The first-order valence-corrected chi connectivity index (χ1v) is 10.5. The van der Waals surface area contributed by atoms with Gasteiger partial charge in [0.05, 0.1) is 32.3 Å². The number of benzene rings is 2. The van der Waals surface area contributed by atoms with Crippen molar-refractivity contribution in [3.8, 4) is 34.0 Å². The number of ether oxygens (including phenoxy) is 2. The van der Waals surface area contributed by atoms with E-state index < -0.39 is 0 Å². The van der Waals surface area contributed by atoms with Crippen LogP contribution in [0, 0.1) is 0 Å². The van der Waals surface area contributed by atoms with Crippen LogP contribution in [0.4, 0.5) is 0 Å². The van der Waals surface area contributed by atoms with Crippen LogP contribution in [0.3, 0.4) is 0 Å². The first kappa shape index (κ1) is 19.6. The fourth-order valence-corrected chi connectivity index (χ4v) is 3.87. The summed E-state index contributed by atoms with van der Waals surface area (Å²) in [4.78, 5) is 2.39. The Hall–Kier alpha value is -3.35. The molecule has 0 N–H and O–H groups in total. The van der Waals surface area contributed by atoms with Gasteiger partial charge >= 0.3 is 0 Å². The second-order valence-electron chi connectivity index (χ2n) is 7.59. The third-order valence-corrected chi connectivity index (χ3v) is 5.60. The standard InChI is InChI=1S/C25H25N3O3/c1-29-23-10-6-20(7-11-23)19-4-8-22(9-5-19)28-18-21(17-27-12-15-30-16-13-27)25(26-28)24-3-2-14-31-24/h2-11,14,18H,12-13,15-17H2,1H3. The molecule has 0 atom stereocenters. The van der Waals surface area contributed by atoms with E-state index in [4.69, 9.17) is 19.0 Å². The van der Waals surface area contributed by atoms with Crippen LogP contribution in [-0.4, -0.2) is 48.1 Å². The van der Waals surface area contributed by atoms with Gasteiger partial charge in [-0.05, 0) is 47.5 Å². The minimum Gasteiger partial charge on any atom is -0.497 e. The van der Waals surface area contributed by atoms with E-state index in [2.05, 4.69) is 47.5 Å². The molecule has 2 aromatic carbocycles. The summed E-state index contributed by atoms with van der Waals surface area (Å²) in [6.45, 7) is 4.23. The van der Waals surface area contributed by atoms with E-state index in [1.165, 1.54) is 0 Å². The number of furan rings is 1. The minimum absolute atomic E-state index is 0.775. The Morgan fingerprint density at radius 2 is 1.65 bits per heavy atom. The van der Waals surface area contributed by atoms with Crippen molar-refractivity contribution in [2.24, 2.45) is 0 Å². The molecular weight excluding hydrogens is 390 g/mol. The zero-order chi connectivity index (χ0) is 21.0. The van der Waals surface area contributed by atoms with Crippen molar-refractivity contribution in [3.63, 3.8) is 0 Å². The Balaban J connectivity index is 1.43. The van der Waals surface area contributed by atoms with Gasteiger partial charge in [0.25, 0.3) is 0 Å². The molecule has 1 fully saturated rings. The van der Waals surface area contributed by atoms with Crippen molar-refractivity contribution < 1.29 is 13.9 Å². The molecule has 5 rings (SSSR count). The lowest BCUT2D eigenvalue weighted by Gasteiger charge is -2.26. The largest absolute Gasteiger partial charge is 0.497 e. The van der Waals surface area contributed by atoms with Crippen molar-refractivity contribution in [2.75, 3.05) is 33.4 Å². The van der Waals surface area contributed by atoms with E-state index >= 15 is 0 Å². The molecule has 0 radical (unpaired) electrons. The summed E-state index contributed by atoms with van der Waals surface area (Å²) in [6.07, 6.45) is 3.80. The van der Waals surface area contributed by atoms with Crippen molar-refractivity contribution in [3.05, 3.63) is 78.7 Å². The number of hydrogen-bond acceptors (Lipinski definition) is 5. The quantitative estimate of drug-likeness (QED) is 0.459. The molecule has 0 bridgehead atoms. The van der Waals surface area contributed by atoms with E-state index in [1.807, 2.05) is 28.9 Å². The predicted octanol–water partition coefficient (Wildman–Crippen LogP) is 4.64. The molecule has 0 unspecified atom stereocenters. The molecule has 6 nitrogen and oxygen atoms in total. The fraction of sp³-hybridized carbons (Fsp3) is 0.240. The Morgan fingerprint density at radius 3 is 2.29 bits per heavy atom. The number of methoxy groups -OCH3 is 1. The summed E-state index contributed by atoms with van der Waals surface area (Å²) in [5.74, 6) is 1.65. The summed E-state index contributed by atoms with van der Waals surface area (Å²) >= 11 is 0. The Labute approximate surface area is 181 Å². The summed E-state index contributed by atoms with van der Waals surface area (Å²) in [6, 6.07) is 20.4. The molecule has 6 heteroatoms. The average Bonchev–Trinajstić information content (AvgIpc) is 3.50. The van der Waals surface area contributed by atoms with Crippen LogP contribution in [0.2, 0.25) is 0 Å². The molecule has 31 heavy (non-hydrogen) atoms. The molecule has 0 amide bonds. The Kier molecular flexibility index (Phi) is 5.56. The minimum atomic E-state index is 0.775. The van der Waals surface area contributed by atoms with Gasteiger partial charge in [-0.1, -0.05) is 24.3 Å². The molecular formula is C25H25N3O3. The number of nitrogens with zero attached hydrogens (tertiary/aromatic N) is 3. The van der Waals surface area contributed by atoms with E-state index in [9.17, 15) is 0 Å². The molecule has 158 valence electrons. The van der Waals surface area contributed by atoms with Crippen LogP contribution >= 0.6 is 0 Å². The monoisotopic (exact) mass is 415 g/mol. The van der Waals surface area contributed by atoms with Crippen LogP contribution < -0.4 is 4.74 Å². The fourth-order valence-electron chi connectivity index (χ4n) is 3.87. The van der Waals surface area contributed by atoms with Gasteiger partial charge in [-0.2, -0.15) is 5.10 Å². The summed E-state index contributed by atoms with van der Waals surface area (Å²) < 4.78 is 18.3. The number of aromatic nitrogens is 2. The SMILES string of the molecule is COc1ccc(-c2ccc(-n3cc(CN4CCOCC4)c(-c4ccco4)n3)cc2)cc1. The maximum atomic E-state index is 5.67. The van der Waals surface area contributed by atoms with Crippen molar-refractivity contribution >= 4 is 0 Å². The molecule has 0 aliphatic carbocycles. The lowest BCUT2D eigenvalue weighted by atomic mass is 10.1. The van der Waals surface area contributed by atoms with Gasteiger partial charge in [0, 0.05) is 31.4 Å². The van der Waals surface area contributed by atoms with E-state index in [0.717, 1.165) is 72.4 Å². The van der Waals surface area contributed by atoms with Crippen molar-refractivity contribution in [2.45, 2.75) is 6.54 Å². The highest BCUT2D eigenvalue weighted by molar-refractivity contribution is 5.65. The predicted molar refractivity (Wildman–Crippen MR) is 119 cm³/mol. The van der Waals surface area contributed by atoms with Gasteiger partial charge in [0.2, 0.25) is 0 Å². The third-order valence-electron chi connectivity index (χ3n) is 5.60. The van der Waals surface area contributed by atoms with Gasteiger partial charge in [-0.3, -0.25) is 4.90 Å². The van der Waals surface area contributed by atoms with Gasteiger partial charge in [0.1, 0.15) is 11.4 Å². The molecule has 2 aromatic heterocycles. The van der Waals surface area contributed by atoms with E-state index in [1.54, 1.807) is 13.4 Å². The maximum absolute atomic E-state index is 5.67. The summed E-state index contributed by atoms with van der Waals surface area (Å²) in [5, 5.41) is 4.86. The van der Waals surface area contributed by atoms with Gasteiger partial charge in [-0.15, -0.1) is 0 Å². The third kappa shape index (κ3) is 4.26. The first-order valence-electron chi connectivity index (χ1n) is 10.5. The molecule has 3 heterocycles. The highest BCUT2D eigenvalue weighted by Gasteiger charge is 2.19. The second-order valence-corrected chi connectivity index (χ2v) is 7.59. The van der Waals surface area contributed by atoms with Gasteiger partial charge in [-0.25, -0.2) is 4.68 Å². The van der Waals surface area contributed by atoms with Crippen LogP contribution in [0.1, 0.15) is 5.56 Å². The molecule has 0 saturated carbocycles. The smallest absolute Gasteiger partial charge is 0.154 e. The van der Waals surface area contributed by atoms with Crippen LogP contribution in [0.5, 0.6) is 5.75 Å². The first-order chi connectivity index (χ1) is 15.3. The van der Waals surface area contributed by atoms with Crippen LogP contribution in [-0.2, 0) is 11.3 Å². The lowest BCUT2D eigenvalue weighted by molar-refractivity contribution is 0.0342. The molecule has 4 aromatic rings. The zero-order valence-corrected chi connectivity index (χ0v) is 17.5. The molecule has 1 aliphatic rings. The maximum Gasteiger partial charge on any atom is 0.154 e. The molecule has 1 saturated heterocycles. The lowest BCUT2D eigenvalue weighted by Crippen LogP contribution is -2.35. The normalized spacial score (nSPS) is 14.6.